The Hall–Kier alpha value is -0.820. The third kappa shape index (κ3) is 2.45. The molecule has 0 spiro atoms. The Kier molecular flexibility index (Phi) is 4.30. The van der Waals surface area contributed by atoms with Crippen LogP contribution in [0.5, 0.6) is 0 Å². The standard InChI is InChI=1S/C15H22O10/c16-3-6-9(19)10(20)11(21)14(23-6)24-13-7-5(1-2-22-13)8(18)12-15(7,4-17)25-12/h1-2,5-14,16-21H,3-4H2/t5-,6+,7+,8+,9+,10-,11+,12+,13-,14-,15-/m1/s1. The van der Waals surface area contributed by atoms with Crippen molar-refractivity contribution in [1.82, 2.24) is 0 Å². The van der Waals surface area contributed by atoms with E-state index >= 15 is 0 Å². The number of aliphatic hydroxyl groups is 6. The summed E-state index contributed by atoms with van der Waals surface area (Å²) >= 11 is 0. The summed E-state index contributed by atoms with van der Waals surface area (Å²) in [5.74, 6) is -0.913. The number of hydrogen-bond acceptors (Lipinski definition) is 10. The minimum absolute atomic E-state index is 0.332. The predicted octanol–water partition coefficient (Wildman–Crippen LogP) is -3.59. The van der Waals surface area contributed by atoms with Crippen molar-refractivity contribution in [2.24, 2.45) is 11.8 Å². The van der Waals surface area contributed by atoms with Gasteiger partial charge in [-0.1, -0.05) is 0 Å². The Bertz CT molecular complexity index is 540. The van der Waals surface area contributed by atoms with Gasteiger partial charge in [-0.05, 0) is 6.08 Å². The maximum atomic E-state index is 10.3. The minimum atomic E-state index is -1.57. The number of epoxide rings is 1. The second-order valence-electron chi connectivity index (χ2n) is 6.91. The first-order chi connectivity index (χ1) is 11.9. The van der Waals surface area contributed by atoms with Crippen molar-refractivity contribution in [3.8, 4) is 0 Å². The van der Waals surface area contributed by atoms with Crippen LogP contribution in [0.25, 0.3) is 0 Å². The van der Waals surface area contributed by atoms with Gasteiger partial charge in [0, 0.05) is 5.92 Å². The van der Waals surface area contributed by atoms with Crippen LogP contribution in [0.3, 0.4) is 0 Å². The van der Waals surface area contributed by atoms with Gasteiger partial charge < -0.3 is 49.6 Å². The zero-order valence-electron chi connectivity index (χ0n) is 13.2. The minimum Gasteiger partial charge on any atom is -0.472 e. The number of fused-ring (bicyclic) bond motifs is 3. The van der Waals surface area contributed by atoms with E-state index in [0.29, 0.717) is 0 Å². The molecule has 25 heavy (non-hydrogen) atoms. The molecule has 0 amide bonds. The smallest absolute Gasteiger partial charge is 0.208 e. The molecule has 2 saturated heterocycles. The van der Waals surface area contributed by atoms with Gasteiger partial charge in [0.05, 0.1) is 31.5 Å². The van der Waals surface area contributed by atoms with Crippen molar-refractivity contribution in [3.05, 3.63) is 12.3 Å². The molecule has 0 bridgehead atoms. The van der Waals surface area contributed by atoms with Crippen LogP contribution in [0.2, 0.25) is 0 Å². The molecule has 0 radical (unpaired) electrons. The van der Waals surface area contributed by atoms with Gasteiger partial charge in [0.15, 0.2) is 6.29 Å². The Morgan fingerprint density at radius 2 is 1.72 bits per heavy atom. The summed E-state index contributed by atoms with van der Waals surface area (Å²) in [4.78, 5) is 0. The summed E-state index contributed by atoms with van der Waals surface area (Å²) in [6.45, 7) is -0.908. The molecule has 1 aliphatic carbocycles. The number of aliphatic hydroxyl groups excluding tert-OH is 6. The SMILES string of the molecule is OC[C@@H]1O[C@H](O[C@H]2OC=C[C@H]3[C@H](O)[C@@H]4O[C@]4(CO)[C@H]23)[C@@H](O)[C@H](O)[C@H]1O. The average molecular weight is 362 g/mol. The van der Waals surface area contributed by atoms with Crippen molar-refractivity contribution in [2.75, 3.05) is 13.2 Å². The molecule has 6 N–H and O–H groups in total. The molecular weight excluding hydrogens is 340 g/mol. The fraction of sp³-hybridized carbons (Fsp3) is 0.867. The first-order valence-electron chi connectivity index (χ1n) is 8.19. The van der Waals surface area contributed by atoms with Crippen molar-refractivity contribution >= 4 is 0 Å². The van der Waals surface area contributed by atoms with Crippen molar-refractivity contribution < 1.29 is 49.6 Å². The molecular formula is C15H22O10. The molecule has 4 aliphatic rings. The van der Waals surface area contributed by atoms with Gasteiger partial charge in [-0.3, -0.25) is 0 Å². The zero-order valence-corrected chi connectivity index (χ0v) is 13.2. The van der Waals surface area contributed by atoms with Gasteiger partial charge in [0.1, 0.15) is 36.1 Å². The third-order valence-electron chi connectivity index (χ3n) is 5.62. The lowest BCUT2D eigenvalue weighted by molar-refractivity contribution is -0.344. The second kappa shape index (κ2) is 6.12. The largest absolute Gasteiger partial charge is 0.472 e. The van der Waals surface area contributed by atoms with E-state index in [9.17, 15) is 30.6 Å². The highest BCUT2D eigenvalue weighted by molar-refractivity contribution is 5.24. The van der Waals surface area contributed by atoms with Crippen LogP contribution in [0.4, 0.5) is 0 Å². The molecule has 142 valence electrons. The van der Waals surface area contributed by atoms with Gasteiger partial charge >= 0.3 is 0 Å². The fourth-order valence-corrected chi connectivity index (χ4v) is 4.17. The van der Waals surface area contributed by atoms with E-state index < -0.39 is 67.3 Å². The van der Waals surface area contributed by atoms with Crippen molar-refractivity contribution in [3.63, 3.8) is 0 Å². The molecule has 0 aromatic carbocycles. The van der Waals surface area contributed by atoms with Crippen LogP contribution < -0.4 is 0 Å². The van der Waals surface area contributed by atoms with E-state index in [1.165, 1.54) is 6.26 Å². The highest BCUT2D eigenvalue weighted by Crippen LogP contribution is 2.59. The fourth-order valence-electron chi connectivity index (χ4n) is 4.17. The topological polar surface area (TPSA) is 162 Å². The van der Waals surface area contributed by atoms with Crippen molar-refractivity contribution in [2.45, 2.75) is 54.8 Å². The Morgan fingerprint density at radius 1 is 0.960 bits per heavy atom. The summed E-state index contributed by atoms with van der Waals surface area (Å²) in [5.41, 5.74) is -0.992. The molecule has 1 saturated carbocycles. The highest BCUT2D eigenvalue weighted by Gasteiger charge is 2.75. The third-order valence-corrected chi connectivity index (χ3v) is 5.62. The highest BCUT2D eigenvalue weighted by atomic mass is 16.8. The van der Waals surface area contributed by atoms with E-state index in [4.69, 9.17) is 18.9 Å². The van der Waals surface area contributed by atoms with Crippen LogP contribution in [-0.4, -0.2) is 98.7 Å². The molecule has 11 atom stereocenters. The van der Waals surface area contributed by atoms with Crippen LogP contribution in [0.15, 0.2) is 12.3 Å². The summed E-state index contributed by atoms with van der Waals surface area (Å²) in [6, 6.07) is 0. The van der Waals surface area contributed by atoms with E-state index in [1.807, 2.05) is 0 Å². The average Bonchev–Trinajstić information content (AvgIpc) is 3.31. The van der Waals surface area contributed by atoms with Gasteiger partial charge in [-0.25, -0.2) is 0 Å². The van der Waals surface area contributed by atoms with E-state index in [0.717, 1.165) is 0 Å². The molecule has 4 rings (SSSR count). The normalized spacial score (nSPS) is 56.9. The van der Waals surface area contributed by atoms with Crippen LogP contribution in [0, 0.1) is 11.8 Å². The Labute approximate surface area is 142 Å². The lowest BCUT2D eigenvalue weighted by atomic mass is 9.85. The maximum absolute atomic E-state index is 10.3. The molecule has 0 aromatic heterocycles. The summed E-state index contributed by atoms with van der Waals surface area (Å²) in [5, 5.41) is 59.0. The zero-order chi connectivity index (χ0) is 17.9. The maximum Gasteiger partial charge on any atom is 0.208 e. The number of ether oxygens (including phenoxy) is 4. The molecule has 0 aromatic rings. The van der Waals surface area contributed by atoms with Gasteiger partial charge in [0.25, 0.3) is 0 Å². The second-order valence-corrected chi connectivity index (χ2v) is 6.91. The lowest BCUT2D eigenvalue weighted by Crippen LogP contribution is -2.60. The first-order valence-corrected chi connectivity index (χ1v) is 8.19. The monoisotopic (exact) mass is 362 g/mol. The number of hydrogen-bond donors (Lipinski definition) is 6. The molecule has 10 nitrogen and oxygen atoms in total. The molecule has 3 aliphatic heterocycles. The van der Waals surface area contributed by atoms with Gasteiger partial charge in [-0.2, -0.15) is 0 Å². The quantitative estimate of drug-likeness (QED) is 0.276. The van der Waals surface area contributed by atoms with E-state index in [1.54, 1.807) is 6.08 Å². The summed E-state index contributed by atoms with van der Waals surface area (Å²) in [7, 11) is 0. The van der Waals surface area contributed by atoms with Crippen LogP contribution in [-0.2, 0) is 18.9 Å². The molecule has 0 unspecified atom stereocenters. The van der Waals surface area contributed by atoms with E-state index in [-0.39, 0.29) is 12.5 Å². The molecule has 3 fully saturated rings. The van der Waals surface area contributed by atoms with Crippen LogP contribution in [0.1, 0.15) is 0 Å². The number of rotatable bonds is 4. The van der Waals surface area contributed by atoms with Gasteiger partial charge in [0.2, 0.25) is 6.29 Å². The van der Waals surface area contributed by atoms with Crippen LogP contribution >= 0.6 is 0 Å². The Morgan fingerprint density at radius 3 is 2.40 bits per heavy atom. The first kappa shape index (κ1) is 17.6. The van der Waals surface area contributed by atoms with E-state index in [2.05, 4.69) is 0 Å². The lowest BCUT2D eigenvalue weighted by Gasteiger charge is -2.43. The summed E-state index contributed by atoms with van der Waals surface area (Å²) in [6.07, 6.45) is -6.47. The predicted molar refractivity (Wildman–Crippen MR) is 76.5 cm³/mol. The van der Waals surface area contributed by atoms with Gasteiger partial charge in [-0.15, -0.1) is 0 Å². The Balaban J connectivity index is 1.53. The van der Waals surface area contributed by atoms with Crippen molar-refractivity contribution in [1.29, 1.82) is 0 Å². The molecule has 3 heterocycles. The summed E-state index contributed by atoms with van der Waals surface area (Å²) < 4.78 is 21.9. The molecule has 10 heteroatoms.